The summed E-state index contributed by atoms with van der Waals surface area (Å²) in [7, 11) is 0. The molecule has 1 aliphatic rings. The average molecular weight is 278 g/mol. The van der Waals surface area contributed by atoms with E-state index in [0.717, 1.165) is 25.1 Å². The van der Waals surface area contributed by atoms with Crippen molar-refractivity contribution in [3.05, 3.63) is 23.8 Å². The lowest BCUT2D eigenvalue weighted by atomic mass is 9.90. The molecule has 1 heterocycles. The predicted octanol–water partition coefficient (Wildman–Crippen LogP) is 2.15. The normalized spacial score (nSPS) is 18.9. The van der Waals surface area contributed by atoms with E-state index in [9.17, 15) is 5.11 Å². The minimum Gasteiger partial charge on any atom is -0.504 e. The summed E-state index contributed by atoms with van der Waals surface area (Å²) in [4.78, 5) is 2.44. The molecule has 1 saturated heterocycles. The smallest absolute Gasteiger partial charge is 0.161 e. The van der Waals surface area contributed by atoms with Gasteiger partial charge < -0.3 is 15.6 Å². The Bertz CT molecular complexity index is 444. The Morgan fingerprint density at radius 2 is 2.05 bits per heavy atom. The van der Waals surface area contributed by atoms with Crippen LogP contribution in [0.4, 0.5) is 0 Å². The van der Waals surface area contributed by atoms with Crippen molar-refractivity contribution in [3.63, 3.8) is 0 Å². The standard InChI is InChI=1S/C16H26N2O2/c1-3-20-14-8-6-7-13(15(14)19)11-16(2,12-17)18-9-4-5-10-18/h6-8,19H,3-5,9-12,17H2,1-2H3. The highest BCUT2D eigenvalue weighted by Crippen LogP contribution is 2.34. The molecule has 0 aliphatic carbocycles. The zero-order valence-corrected chi connectivity index (χ0v) is 12.6. The van der Waals surface area contributed by atoms with E-state index in [0.29, 0.717) is 18.9 Å². The third-order valence-electron chi connectivity index (χ3n) is 4.26. The van der Waals surface area contributed by atoms with Gasteiger partial charge in [-0.1, -0.05) is 12.1 Å². The molecule has 4 nitrogen and oxygen atoms in total. The first-order valence-corrected chi connectivity index (χ1v) is 7.49. The number of rotatable bonds is 6. The highest BCUT2D eigenvalue weighted by molar-refractivity contribution is 5.46. The van der Waals surface area contributed by atoms with Crippen molar-refractivity contribution in [3.8, 4) is 11.5 Å². The Kier molecular flexibility index (Phi) is 4.89. The molecule has 0 saturated carbocycles. The van der Waals surface area contributed by atoms with Gasteiger partial charge >= 0.3 is 0 Å². The summed E-state index contributed by atoms with van der Waals surface area (Å²) >= 11 is 0. The summed E-state index contributed by atoms with van der Waals surface area (Å²) in [6.45, 7) is 7.44. The minimum atomic E-state index is -0.0984. The largest absolute Gasteiger partial charge is 0.504 e. The quantitative estimate of drug-likeness (QED) is 0.837. The minimum absolute atomic E-state index is 0.0984. The molecule has 3 N–H and O–H groups in total. The van der Waals surface area contributed by atoms with Crippen LogP contribution in [0.15, 0.2) is 18.2 Å². The summed E-state index contributed by atoms with van der Waals surface area (Å²) in [6, 6.07) is 5.70. The zero-order valence-electron chi connectivity index (χ0n) is 12.6. The lowest BCUT2D eigenvalue weighted by Crippen LogP contribution is -2.51. The number of ether oxygens (including phenoxy) is 1. The fourth-order valence-corrected chi connectivity index (χ4v) is 2.96. The number of benzene rings is 1. The van der Waals surface area contributed by atoms with Crippen molar-refractivity contribution >= 4 is 0 Å². The highest BCUT2D eigenvalue weighted by atomic mass is 16.5. The van der Waals surface area contributed by atoms with Crippen molar-refractivity contribution in [2.24, 2.45) is 5.73 Å². The van der Waals surface area contributed by atoms with Crippen LogP contribution in [-0.4, -0.2) is 41.8 Å². The van der Waals surface area contributed by atoms with Gasteiger partial charge in [-0.15, -0.1) is 0 Å². The van der Waals surface area contributed by atoms with Crippen molar-refractivity contribution in [1.82, 2.24) is 4.90 Å². The molecular formula is C16H26N2O2. The molecule has 1 aromatic carbocycles. The fourth-order valence-electron chi connectivity index (χ4n) is 2.96. The second-order valence-corrected chi connectivity index (χ2v) is 5.77. The van der Waals surface area contributed by atoms with Gasteiger partial charge in [0.2, 0.25) is 0 Å². The van der Waals surface area contributed by atoms with Crippen LogP contribution in [0.1, 0.15) is 32.3 Å². The lowest BCUT2D eigenvalue weighted by Gasteiger charge is -2.38. The molecule has 0 aromatic heterocycles. The maximum absolute atomic E-state index is 10.3. The molecule has 1 fully saturated rings. The first-order valence-electron chi connectivity index (χ1n) is 7.49. The van der Waals surface area contributed by atoms with Crippen LogP contribution < -0.4 is 10.5 Å². The van der Waals surface area contributed by atoms with Gasteiger partial charge in [0.25, 0.3) is 0 Å². The number of phenolic OH excluding ortho intramolecular Hbond substituents is 1. The molecule has 1 unspecified atom stereocenters. The molecule has 112 valence electrons. The molecule has 0 spiro atoms. The molecule has 1 aliphatic heterocycles. The number of likely N-dealkylation sites (tertiary alicyclic amines) is 1. The van der Waals surface area contributed by atoms with Crippen LogP contribution in [0.5, 0.6) is 11.5 Å². The van der Waals surface area contributed by atoms with Crippen molar-refractivity contribution in [2.45, 2.75) is 38.6 Å². The number of nitrogens with two attached hydrogens (primary N) is 1. The van der Waals surface area contributed by atoms with Crippen LogP contribution in [0.3, 0.4) is 0 Å². The molecule has 0 radical (unpaired) electrons. The van der Waals surface area contributed by atoms with Crippen LogP contribution in [0.2, 0.25) is 0 Å². The number of phenols is 1. The zero-order chi connectivity index (χ0) is 14.6. The van der Waals surface area contributed by atoms with Gasteiger partial charge in [0, 0.05) is 12.1 Å². The van der Waals surface area contributed by atoms with Crippen LogP contribution >= 0.6 is 0 Å². The van der Waals surface area contributed by atoms with Gasteiger partial charge in [0.1, 0.15) is 0 Å². The van der Waals surface area contributed by atoms with Crippen LogP contribution in [0.25, 0.3) is 0 Å². The summed E-state index contributed by atoms with van der Waals surface area (Å²) in [5, 5.41) is 10.3. The van der Waals surface area contributed by atoms with E-state index >= 15 is 0 Å². The van der Waals surface area contributed by atoms with Crippen LogP contribution in [0, 0.1) is 0 Å². The fraction of sp³-hybridized carbons (Fsp3) is 0.625. The molecule has 1 atom stereocenters. The first-order chi connectivity index (χ1) is 9.60. The van der Waals surface area contributed by atoms with E-state index in [2.05, 4.69) is 11.8 Å². The number of hydrogen-bond acceptors (Lipinski definition) is 4. The second kappa shape index (κ2) is 6.46. The Balaban J connectivity index is 2.20. The van der Waals surface area contributed by atoms with E-state index in [-0.39, 0.29) is 11.3 Å². The lowest BCUT2D eigenvalue weighted by molar-refractivity contribution is 0.142. The van der Waals surface area contributed by atoms with Crippen molar-refractivity contribution in [2.75, 3.05) is 26.2 Å². The maximum atomic E-state index is 10.3. The number of para-hydroxylation sites is 1. The van der Waals surface area contributed by atoms with Gasteiger partial charge in [-0.3, -0.25) is 4.90 Å². The van der Waals surface area contributed by atoms with E-state index < -0.39 is 0 Å². The molecular weight excluding hydrogens is 252 g/mol. The van der Waals surface area contributed by atoms with Gasteiger partial charge in [0.05, 0.1) is 6.61 Å². The van der Waals surface area contributed by atoms with Crippen molar-refractivity contribution < 1.29 is 9.84 Å². The van der Waals surface area contributed by atoms with E-state index in [4.69, 9.17) is 10.5 Å². The van der Waals surface area contributed by atoms with E-state index in [1.165, 1.54) is 12.8 Å². The Morgan fingerprint density at radius 1 is 1.35 bits per heavy atom. The van der Waals surface area contributed by atoms with Gasteiger partial charge in [-0.25, -0.2) is 0 Å². The second-order valence-electron chi connectivity index (χ2n) is 5.77. The molecule has 20 heavy (non-hydrogen) atoms. The maximum Gasteiger partial charge on any atom is 0.161 e. The molecule has 4 heteroatoms. The third kappa shape index (κ3) is 3.07. The predicted molar refractivity (Wildman–Crippen MR) is 81.2 cm³/mol. The molecule has 2 rings (SSSR count). The van der Waals surface area contributed by atoms with E-state index in [1.54, 1.807) is 6.07 Å². The monoisotopic (exact) mass is 278 g/mol. The topological polar surface area (TPSA) is 58.7 Å². The Hall–Kier alpha value is -1.26. The summed E-state index contributed by atoms with van der Waals surface area (Å²) in [6.07, 6.45) is 3.22. The number of aromatic hydroxyl groups is 1. The van der Waals surface area contributed by atoms with Gasteiger partial charge in [-0.05, 0) is 57.8 Å². The summed E-state index contributed by atoms with van der Waals surface area (Å²) < 4.78 is 5.46. The average Bonchev–Trinajstić information content (AvgIpc) is 2.98. The SMILES string of the molecule is CCOc1cccc(CC(C)(CN)N2CCCC2)c1O. The Labute approximate surface area is 121 Å². The number of hydrogen-bond donors (Lipinski definition) is 2. The third-order valence-corrected chi connectivity index (χ3v) is 4.26. The Morgan fingerprint density at radius 3 is 2.65 bits per heavy atom. The highest BCUT2D eigenvalue weighted by Gasteiger charge is 2.33. The van der Waals surface area contributed by atoms with Crippen LogP contribution in [-0.2, 0) is 6.42 Å². The molecule has 0 amide bonds. The van der Waals surface area contributed by atoms with E-state index in [1.807, 2.05) is 19.1 Å². The summed E-state index contributed by atoms with van der Waals surface area (Å²) in [5.41, 5.74) is 6.84. The summed E-state index contributed by atoms with van der Waals surface area (Å²) in [5.74, 6) is 0.819. The molecule has 1 aromatic rings. The van der Waals surface area contributed by atoms with Gasteiger partial charge in [0.15, 0.2) is 11.5 Å². The van der Waals surface area contributed by atoms with Crippen molar-refractivity contribution in [1.29, 1.82) is 0 Å². The first kappa shape index (κ1) is 15.1. The number of nitrogens with zero attached hydrogens (tertiary/aromatic N) is 1. The molecule has 0 bridgehead atoms. The van der Waals surface area contributed by atoms with Gasteiger partial charge in [-0.2, -0.15) is 0 Å².